The lowest BCUT2D eigenvalue weighted by atomic mass is 9.83. The van der Waals surface area contributed by atoms with Crippen LogP contribution in [-0.4, -0.2) is 89.6 Å². The van der Waals surface area contributed by atoms with E-state index < -0.39 is 24.0 Å². The zero-order chi connectivity index (χ0) is 22.8. The lowest BCUT2D eigenvalue weighted by molar-refractivity contribution is -0.134. The van der Waals surface area contributed by atoms with Gasteiger partial charge in [-0.15, -0.1) is 0 Å². The summed E-state index contributed by atoms with van der Waals surface area (Å²) < 4.78 is 10.2. The molecule has 174 valence electrons. The van der Waals surface area contributed by atoms with Gasteiger partial charge in [0.2, 0.25) is 5.91 Å². The van der Waals surface area contributed by atoms with Crippen LogP contribution in [0.5, 0.6) is 0 Å². The van der Waals surface area contributed by atoms with Crippen molar-refractivity contribution in [1.29, 1.82) is 0 Å². The highest BCUT2D eigenvalue weighted by atomic mass is 16.5. The number of rotatable bonds is 6. The Labute approximate surface area is 181 Å². The summed E-state index contributed by atoms with van der Waals surface area (Å²) in [6, 6.07) is 1.07. The monoisotopic (exact) mass is 440 g/mol. The second-order valence-corrected chi connectivity index (χ2v) is 7.74. The van der Waals surface area contributed by atoms with E-state index >= 15 is 0 Å². The molecule has 11 heteroatoms. The van der Waals surface area contributed by atoms with Gasteiger partial charge in [-0.2, -0.15) is 0 Å². The number of aliphatic hydroxyl groups is 1. The van der Waals surface area contributed by atoms with Crippen molar-refractivity contribution >= 4 is 17.8 Å². The van der Waals surface area contributed by atoms with Gasteiger partial charge >= 0.3 is 0 Å². The molecule has 1 saturated heterocycles. The Hall–Kier alpha value is -2.50. The maximum atomic E-state index is 12.5. The predicted octanol–water partition coefficient (Wildman–Crippen LogP) is -0.218. The van der Waals surface area contributed by atoms with E-state index in [1.807, 2.05) is 0 Å². The number of aliphatic hydroxyl groups excluding tert-OH is 1. The van der Waals surface area contributed by atoms with Gasteiger partial charge in [0, 0.05) is 45.1 Å². The van der Waals surface area contributed by atoms with Crippen LogP contribution >= 0.6 is 0 Å². The van der Waals surface area contributed by atoms with Crippen molar-refractivity contribution in [2.24, 2.45) is 5.92 Å². The number of aryl methyl sites for hydroxylation is 1. The predicted molar refractivity (Wildman–Crippen MR) is 109 cm³/mol. The molecule has 31 heavy (non-hydrogen) atoms. The van der Waals surface area contributed by atoms with Crippen LogP contribution in [0, 0.1) is 12.8 Å². The van der Waals surface area contributed by atoms with Crippen LogP contribution in [0.25, 0.3) is 0 Å². The molecule has 1 aromatic heterocycles. The highest BCUT2D eigenvalue weighted by Gasteiger charge is 2.34. The fourth-order valence-corrected chi connectivity index (χ4v) is 3.57. The normalized spacial score (nSPS) is 23.9. The Morgan fingerprint density at radius 1 is 1.26 bits per heavy atom. The molecule has 0 radical (unpaired) electrons. The Morgan fingerprint density at radius 3 is 2.55 bits per heavy atom. The Balaban J connectivity index is 0.000000785. The molecule has 1 aliphatic heterocycles. The number of aliphatic carboxylic acids is 1. The zero-order valence-electron chi connectivity index (χ0n) is 18.0. The molecule has 2 amide bonds. The standard InChI is InChI=1S/C18H28N4O5.C2H4O2/c1-12-10-15(21-27-12)18(25)20-14-11-13(2-3-16(14)23)17(24)19-4-5-22-6-8-26-9-7-22;1-2(3)4/h10,13-14,16,23H,2-9,11H2,1H3,(H,19,24)(H,20,25);1H3,(H,3,4)/t13-,14+,16+;/m0./s1. The Kier molecular flexibility index (Phi) is 9.89. The van der Waals surface area contributed by atoms with Gasteiger partial charge in [0.25, 0.3) is 11.9 Å². The summed E-state index contributed by atoms with van der Waals surface area (Å²) >= 11 is 0. The fourth-order valence-electron chi connectivity index (χ4n) is 3.57. The number of hydrogen-bond donors (Lipinski definition) is 4. The van der Waals surface area contributed by atoms with E-state index in [0.29, 0.717) is 31.6 Å². The summed E-state index contributed by atoms with van der Waals surface area (Å²) in [4.78, 5) is 36.0. The number of nitrogens with zero attached hydrogens (tertiary/aromatic N) is 2. The lowest BCUT2D eigenvalue weighted by Crippen LogP contribution is -2.50. The van der Waals surface area contributed by atoms with E-state index in [2.05, 4.69) is 20.7 Å². The summed E-state index contributed by atoms with van der Waals surface area (Å²) in [6.07, 6.45) is 0.830. The summed E-state index contributed by atoms with van der Waals surface area (Å²) in [5.74, 6) is -0.930. The summed E-state index contributed by atoms with van der Waals surface area (Å²) in [5, 5.41) is 27.1. The third-order valence-corrected chi connectivity index (χ3v) is 5.19. The zero-order valence-corrected chi connectivity index (χ0v) is 18.0. The van der Waals surface area contributed by atoms with Gasteiger partial charge in [0.1, 0.15) is 5.76 Å². The number of carbonyl (C=O) groups excluding carboxylic acids is 2. The largest absolute Gasteiger partial charge is 0.481 e. The molecule has 1 aliphatic carbocycles. The number of ether oxygens (including phenoxy) is 1. The first-order valence-corrected chi connectivity index (χ1v) is 10.5. The summed E-state index contributed by atoms with van der Waals surface area (Å²) in [5.41, 5.74) is 0.178. The number of hydrogen-bond acceptors (Lipinski definition) is 8. The minimum Gasteiger partial charge on any atom is -0.481 e. The minimum absolute atomic E-state index is 0.0216. The number of carboxylic acids is 1. The maximum Gasteiger partial charge on any atom is 0.300 e. The van der Waals surface area contributed by atoms with E-state index in [-0.39, 0.29) is 17.5 Å². The topological polar surface area (TPSA) is 154 Å². The second-order valence-electron chi connectivity index (χ2n) is 7.74. The summed E-state index contributed by atoms with van der Waals surface area (Å²) in [6.45, 7) is 7.43. The number of amides is 2. The SMILES string of the molecule is CC(=O)O.Cc1cc(C(=O)N[C@@H]2C[C@@H](C(=O)NCCN3CCOCC3)CC[C@H]2O)no1. The first-order valence-electron chi connectivity index (χ1n) is 10.5. The van der Waals surface area contributed by atoms with E-state index in [1.54, 1.807) is 13.0 Å². The lowest BCUT2D eigenvalue weighted by Gasteiger charge is -2.33. The molecule has 0 unspecified atom stereocenters. The average molecular weight is 440 g/mol. The molecule has 2 fully saturated rings. The van der Waals surface area contributed by atoms with Crippen LogP contribution in [0.15, 0.2) is 10.6 Å². The van der Waals surface area contributed by atoms with Crippen molar-refractivity contribution in [3.05, 3.63) is 17.5 Å². The van der Waals surface area contributed by atoms with Crippen molar-refractivity contribution in [2.45, 2.75) is 45.3 Å². The molecule has 0 aromatic carbocycles. The molecule has 2 aliphatic rings. The van der Waals surface area contributed by atoms with Crippen LogP contribution in [0.2, 0.25) is 0 Å². The molecule has 0 bridgehead atoms. The van der Waals surface area contributed by atoms with Crippen LogP contribution in [0.4, 0.5) is 0 Å². The molecule has 1 aromatic rings. The van der Waals surface area contributed by atoms with Gasteiger partial charge in [-0.1, -0.05) is 5.16 Å². The molecule has 2 heterocycles. The first kappa shape index (κ1) is 24.8. The molecule has 3 rings (SSSR count). The van der Waals surface area contributed by atoms with Crippen molar-refractivity contribution < 1.29 is 33.9 Å². The Morgan fingerprint density at radius 2 is 1.94 bits per heavy atom. The van der Waals surface area contributed by atoms with E-state index in [0.717, 1.165) is 39.8 Å². The highest BCUT2D eigenvalue weighted by Crippen LogP contribution is 2.25. The number of nitrogens with one attached hydrogen (secondary N) is 2. The van der Waals surface area contributed by atoms with Crippen LogP contribution < -0.4 is 10.6 Å². The number of carboxylic acid groups (broad SMARTS) is 1. The van der Waals surface area contributed by atoms with Crippen molar-refractivity contribution in [1.82, 2.24) is 20.7 Å². The van der Waals surface area contributed by atoms with Crippen LogP contribution in [0.3, 0.4) is 0 Å². The smallest absolute Gasteiger partial charge is 0.300 e. The third-order valence-electron chi connectivity index (χ3n) is 5.19. The quantitative estimate of drug-likeness (QED) is 0.470. The molecule has 0 spiro atoms. The average Bonchev–Trinajstić information content (AvgIpc) is 3.16. The van der Waals surface area contributed by atoms with E-state index in [1.165, 1.54) is 0 Å². The van der Waals surface area contributed by atoms with E-state index in [4.69, 9.17) is 19.2 Å². The highest BCUT2D eigenvalue weighted by molar-refractivity contribution is 5.92. The number of morpholine rings is 1. The molecule has 3 atom stereocenters. The first-order chi connectivity index (χ1) is 14.8. The van der Waals surface area contributed by atoms with Crippen LogP contribution in [-0.2, 0) is 14.3 Å². The minimum atomic E-state index is -0.833. The molecular weight excluding hydrogens is 408 g/mol. The van der Waals surface area contributed by atoms with Crippen LogP contribution in [0.1, 0.15) is 42.4 Å². The van der Waals surface area contributed by atoms with Gasteiger partial charge in [-0.05, 0) is 26.2 Å². The van der Waals surface area contributed by atoms with Crippen molar-refractivity contribution in [3.8, 4) is 0 Å². The fraction of sp³-hybridized carbons (Fsp3) is 0.700. The maximum absolute atomic E-state index is 12.5. The van der Waals surface area contributed by atoms with Crippen molar-refractivity contribution in [2.75, 3.05) is 39.4 Å². The molecule has 4 N–H and O–H groups in total. The third kappa shape index (κ3) is 8.64. The Bertz CT molecular complexity index is 729. The molecule has 1 saturated carbocycles. The summed E-state index contributed by atoms with van der Waals surface area (Å²) in [7, 11) is 0. The van der Waals surface area contributed by atoms with Gasteiger partial charge in [-0.3, -0.25) is 19.3 Å². The number of carbonyl (C=O) groups is 3. The molecular formula is C20H32N4O7. The van der Waals surface area contributed by atoms with Gasteiger partial charge in [-0.25, -0.2) is 0 Å². The number of aromatic nitrogens is 1. The van der Waals surface area contributed by atoms with Gasteiger partial charge in [0.05, 0.1) is 25.4 Å². The van der Waals surface area contributed by atoms with Crippen molar-refractivity contribution in [3.63, 3.8) is 0 Å². The van der Waals surface area contributed by atoms with Gasteiger partial charge in [0.15, 0.2) is 5.69 Å². The van der Waals surface area contributed by atoms with Gasteiger partial charge < -0.3 is 30.1 Å². The van der Waals surface area contributed by atoms with E-state index in [9.17, 15) is 14.7 Å². The molecule has 11 nitrogen and oxygen atoms in total. The second kappa shape index (κ2) is 12.4.